The number of H-pyrrole nitrogens is 4. The molecule has 150 heavy (non-hydrogen) atoms. The van der Waals surface area contributed by atoms with Gasteiger partial charge in [-0.3, -0.25) is 83.3 Å². The highest BCUT2D eigenvalue weighted by Crippen LogP contribution is 2.41. The fourth-order valence-electron chi connectivity index (χ4n) is 14.3. The summed E-state index contributed by atoms with van der Waals surface area (Å²) >= 11 is 6.27. The number of hydrogen-bond donors (Lipinski definition) is 9. The number of pyridine rings is 5. The second kappa shape index (κ2) is 46.0. The van der Waals surface area contributed by atoms with Crippen molar-refractivity contribution in [2.24, 2.45) is 0 Å². The van der Waals surface area contributed by atoms with Gasteiger partial charge in [-0.25, -0.2) is 39.0 Å². The van der Waals surface area contributed by atoms with Gasteiger partial charge in [-0.05, 0) is 108 Å². The molecule has 0 saturated heterocycles. The van der Waals surface area contributed by atoms with E-state index >= 15 is 0 Å². The van der Waals surface area contributed by atoms with Crippen LogP contribution in [0.15, 0.2) is 217 Å². The molecule has 0 aromatic carbocycles. The molecule has 5 amide bonds. The number of thiazole rings is 5. The number of carbonyl (C=O) groups is 5. The molecule has 20 aromatic heterocycles. The van der Waals surface area contributed by atoms with E-state index in [1.54, 1.807) is 125 Å². The highest BCUT2D eigenvalue weighted by Gasteiger charge is 2.36. The fourth-order valence-corrected chi connectivity index (χ4v) is 18.6. The molecule has 0 atom stereocenters. The molecule has 0 aliphatic heterocycles. The van der Waals surface area contributed by atoms with Gasteiger partial charge < -0.3 is 31.3 Å². The number of aryl methyl sites for hydroxylation is 4. The second-order valence-corrected chi connectivity index (χ2v) is 36.2. The Labute approximate surface area is 856 Å². The largest absolute Gasteiger partial charge is 0.408 e. The predicted octanol–water partition coefficient (Wildman–Crippen LogP) is 20.0. The molecule has 0 spiro atoms. The molecule has 1 aliphatic carbocycles. The van der Waals surface area contributed by atoms with Crippen molar-refractivity contribution >= 4 is 115 Å². The SMILES string of the molecule is CCOC1CC(n2cc(NC(=O)c3csc(-c4c(C)n[nH]c4C)n3)c(-c3ccccn3)n2)C1.Cc1[nH]ncc1-c1nc(C(=O)Nc2cn(C(F)F)nc2-c2ccccn2)cs1.Cc1[nH]ncc1-c1nc(C(=O)Nc2cn(C(F)F)nc2-c2ccccn2)cs1.O=C(Nc1cn(C(F)F)nc1-c1ccccn1)c1csc(-c2cnn(CC(F)(F)F)c2)n1.O=C(Nc1cn(CC(F)(F)F)nc1-c1ccccn1)c1csc(-c2cn[nH]c2)n1. The number of anilines is 5. The Bertz CT molecular complexity index is 7820. The standard InChI is InChI=1S/C23H25N7O2S.C18H12F5N7OS.C17H12F3N7OS.2C17H13F2N7OS/c1-4-32-16-9-15(10-16)30-11-18(21(29-30)17-7-5-6-8-24-17)25-22(31)19-12-33-23(26-19)20-13(2)27-28-14(20)3;19-17(20)30-7-12(14(28-30)11-3-1-2-4-24-11)26-15(31)13-8-32-16(27-13)10-5-25-29(6-10)9-18(21,22)23;18-17(19,20)9-27-7-12(14(26-27)11-3-1-2-4-21-11)24-15(28)13-8-29-16(25-13)10-5-22-23-6-10;2*1-9-10(6-21-24-9)16-23-13(8-28-16)15(27)22-12-7-26(17(18)19)25-14(12)11-4-2-3-5-20-11/h5-8,11-12,15-16H,4,9-10H2,1-3H3,(H,25,31)(H,27,28);1-8,17H,9H2,(H,26,31);1-8H,9H2,(H,22,23)(H,24,28);2*2-8,17H,1H3,(H,21,24)(H,22,27). The number of halogens is 12. The minimum atomic E-state index is -4.46. The highest BCUT2D eigenvalue weighted by molar-refractivity contribution is 7.14. The Balaban J connectivity index is 0.000000128. The molecule has 1 fully saturated rings. The Morgan fingerprint density at radius 2 is 0.767 bits per heavy atom. The zero-order chi connectivity index (χ0) is 106. The quantitative estimate of drug-likeness (QED) is 0.0206. The number of nitrogens with one attached hydrogen (secondary N) is 9. The molecule has 1 aliphatic rings. The fraction of sp³-hybridized carbons (Fsp3) is 0.185. The van der Waals surface area contributed by atoms with Crippen molar-refractivity contribution in [2.45, 2.75) is 105 Å². The van der Waals surface area contributed by atoms with Crippen LogP contribution in [0.5, 0.6) is 0 Å². The number of aromatic nitrogens is 30. The summed E-state index contributed by atoms with van der Waals surface area (Å²) in [6.07, 6.45) is 15.8. The summed E-state index contributed by atoms with van der Waals surface area (Å²) in [4.78, 5) is 106. The average Bonchev–Trinajstić information content (AvgIpc) is 1.64. The molecule has 768 valence electrons. The Hall–Kier alpha value is -17.5. The molecule has 58 heteroatoms. The number of nitrogens with zero attached hydrogens (tertiary/aromatic N) is 26. The van der Waals surface area contributed by atoms with Crippen LogP contribution in [0.3, 0.4) is 0 Å². The lowest BCUT2D eigenvalue weighted by atomic mass is 9.89. The summed E-state index contributed by atoms with van der Waals surface area (Å²) < 4.78 is 165. The number of amides is 5. The first kappa shape index (κ1) is 104. The van der Waals surface area contributed by atoms with Gasteiger partial charge in [0.2, 0.25) is 0 Å². The van der Waals surface area contributed by atoms with Crippen molar-refractivity contribution in [1.82, 2.24) is 149 Å². The predicted molar refractivity (Wildman–Crippen MR) is 528 cm³/mol. The maximum Gasteiger partial charge on any atom is 0.408 e. The zero-order valence-corrected chi connectivity index (χ0v) is 81.9. The summed E-state index contributed by atoms with van der Waals surface area (Å²) in [6.45, 7) is -0.876. The lowest BCUT2D eigenvalue weighted by Gasteiger charge is -2.34. The van der Waals surface area contributed by atoms with Crippen LogP contribution in [0.1, 0.15) is 121 Å². The van der Waals surface area contributed by atoms with Gasteiger partial charge in [-0.1, -0.05) is 30.3 Å². The zero-order valence-electron chi connectivity index (χ0n) is 77.9. The van der Waals surface area contributed by atoms with Gasteiger partial charge in [0.05, 0.1) is 135 Å². The van der Waals surface area contributed by atoms with Gasteiger partial charge in [0.1, 0.15) is 95.1 Å². The van der Waals surface area contributed by atoms with Crippen molar-refractivity contribution in [3.05, 3.63) is 268 Å². The highest BCUT2D eigenvalue weighted by atomic mass is 32.1. The first-order chi connectivity index (χ1) is 72.2. The van der Waals surface area contributed by atoms with Crippen LogP contribution < -0.4 is 26.6 Å². The Morgan fingerprint density at radius 3 is 1.12 bits per heavy atom. The van der Waals surface area contributed by atoms with E-state index in [2.05, 4.69) is 143 Å². The van der Waals surface area contributed by atoms with E-state index in [4.69, 9.17) is 9.84 Å². The van der Waals surface area contributed by atoms with Crippen LogP contribution >= 0.6 is 56.7 Å². The minimum absolute atomic E-state index is 0.00143. The molecule has 20 heterocycles. The van der Waals surface area contributed by atoms with Gasteiger partial charge in [0.25, 0.3) is 29.5 Å². The third-order valence-electron chi connectivity index (χ3n) is 21.4. The monoisotopic (exact) mass is 2150 g/mol. The maximum atomic E-state index is 13.1. The summed E-state index contributed by atoms with van der Waals surface area (Å²) in [6, 6.07) is 25.7. The van der Waals surface area contributed by atoms with Crippen LogP contribution in [0.2, 0.25) is 0 Å². The van der Waals surface area contributed by atoms with Crippen molar-refractivity contribution in [3.63, 3.8) is 0 Å². The summed E-state index contributed by atoms with van der Waals surface area (Å²) in [5.74, 6) is -2.63. The van der Waals surface area contributed by atoms with Crippen LogP contribution in [0.25, 0.3) is 110 Å². The van der Waals surface area contributed by atoms with Gasteiger partial charge in [-0.15, -0.1) is 56.7 Å². The molecule has 41 nitrogen and oxygen atoms in total. The summed E-state index contributed by atoms with van der Waals surface area (Å²) in [5, 5.41) is 75.0. The lowest BCUT2D eigenvalue weighted by molar-refractivity contribution is -0.143. The molecule has 20 aromatic rings. The molecule has 9 N–H and O–H groups in total. The van der Waals surface area contributed by atoms with E-state index in [9.17, 15) is 76.7 Å². The van der Waals surface area contributed by atoms with Gasteiger partial charge in [-0.2, -0.15) is 104 Å². The third-order valence-corrected chi connectivity index (χ3v) is 25.8. The van der Waals surface area contributed by atoms with E-state index in [0.717, 1.165) is 104 Å². The van der Waals surface area contributed by atoms with Gasteiger partial charge >= 0.3 is 32.0 Å². The van der Waals surface area contributed by atoms with Crippen molar-refractivity contribution in [1.29, 1.82) is 0 Å². The minimum Gasteiger partial charge on any atom is -0.378 e. The second-order valence-electron chi connectivity index (χ2n) is 31.9. The van der Waals surface area contributed by atoms with E-state index < -0.39 is 68.7 Å². The average molecular weight is 2160 g/mol. The molecule has 0 radical (unpaired) electrons. The molecule has 1 saturated carbocycles. The van der Waals surface area contributed by atoms with E-state index in [1.807, 2.05) is 63.7 Å². The van der Waals surface area contributed by atoms with Gasteiger partial charge in [0, 0.05) is 117 Å². The number of ether oxygens (including phenoxy) is 1. The maximum absolute atomic E-state index is 13.1. The van der Waals surface area contributed by atoms with Gasteiger partial charge in [0.15, 0.2) is 0 Å². The Kier molecular flexibility index (Phi) is 31.9. The Morgan fingerprint density at radius 1 is 0.407 bits per heavy atom. The van der Waals surface area contributed by atoms with Crippen molar-refractivity contribution in [2.75, 3.05) is 33.2 Å². The first-order valence-corrected chi connectivity index (χ1v) is 48.6. The number of aromatic amines is 4. The number of rotatable bonds is 28. The first-order valence-electron chi connectivity index (χ1n) is 44.2. The van der Waals surface area contributed by atoms with Crippen LogP contribution in [0, 0.1) is 27.7 Å². The smallest absolute Gasteiger partial charge is 0.378 e. The summed E-state index contributed by atoms with van der Waals surface area (Å²) in [5.41, 5.74) is 11.9. The number of hydrogen-bond acceptors (Lipinski definition) is 31. The third kappa shape index (κ3) is 25.4. The molecule has 0 bridgehead atoms. The summed E-state index contributed by atoms with van der Waals surface area (Å²) in [7, 11) is 0. The van der Waals surface area contributed by atoms with E-state index in [-0.39, 0.29) is 97.1 Å². The molecular formula is C92H75F12N35O6S5. The van der Waals surface area contributed by atoms with Crippen molar-refractivity contribution in [3.8, 4) is 110 Å². The molecule has 21 rings (SSSR count). The number of alkyl halides is 12. The van der Waals surface area contributed by atoms with E-state index in [1.165, 1.54) is 87.9 Å². The molecule has 0 unspecified atom stereocenters. The van der Waals surface area contributed by atoms with Crippen molar-refractivity contribution < 1.29 is 81.4 Å². The van der Waals surface area contributed by atoms with E-state index in [0.29, 0.717) is 85.8 Å². The van der Waals surface area contributed by atoms with Crippen LogP contribution in [-0.4, -0.2) is 204 Å². The molecular weight excluding hydrogens is 2080 g/mol. The topological polar surface area (TPSA) is 505 Å². The normalized spacial score (nSPS) is 12.8. The lowest BCUT2D eigenvalue weighted by Crippen LogP contribution is -2.33. The van der Waals surface area contributed by atoms with Crippen LogP contribution in [0.4, 0.5) is 81.1 Å². The number of carbonyl (C=O) groups excluding carboxylic acids is 5. The van der Waals surface area contributed by atoms with Crippen LogP contribution in [-0.2, 0) is 17.8 Å².